The van der Waals surface area contributed by atoms with Gasteiger partial charge in [-0.05, 0) is 0 Å². The summed E-state index contributed by atoms with van der Waals surface area (Å²) in [6.45, 7) is 4.32. The van der Waals surface area contributed by atoms with Gasteiger partial charge in [0.2, 0.25) is 0 Å². The Hall–Kier alpha value is 0.363. The SMILES string of the molecule is C1CCCC1.C1CCCC1.CC[C-]=C1CCCCC1=[C-]CC.[Zr+4]. The molecule has 0 saturated heterocycles. The third kappa shape index (κ3) is 12.4. The standard InChI is InChI=1S/C12H18.2C5H10.Zr/c1-3-7-11-9-5-6-10-12(11)8-4-2;2*1-2-4-5-3-1;/h3-6,9-10H2,1-2H3;2*1-5H2;/q-2;;;+4. The molecule has 3 fully saturated rings. The maximum absolute atomic E-state index is 3.44. The largest absolute Gasteiger partial charge is 4.00 e. The van der Waals surface area contributed by atoms with E-state index in [9.17, 15) is 0 Å². The van der Waals surface area contributed by atoms with Crippen LogP contribution in [0.1, 0.15) is 117 Å². The maximum atomic E-state index is 3.44. The van der Waals surface area contributed by atoms with Crippen molar-refractivity contribution in [1.29, 1.82) is 0 Å². The third-order valence-electron chi connectivity index (χ3n) is 4.75. The summed E-state index contributed by atoms with van der Waals surface area (Å²) in [6, 6.07) is 0. The fourth-order valence-electron chi connectivity index (χ4n) is 3.49. The molecule has 0 unspecified atom stereocenters. The van der Waals surface area contributed by atoms with Gasteiger partial charge in [0.05, 0.1) is 0 Å². The van der Waals surface area contributed by atoms with Gasteiger partial charge in [-0.25, -0.2) is 0 Å². The Morgan fingerprint density at radius 2 is 0.783 bits per heavy atom. The summed E-state index contributed by atoms with van der Waals surface area (Å²) in [6.07, 6.45) is 29.1. The van der Waals surface area contributed by atoms with E-state index >= 15 is 0 Å². The molecule has 0 aromatic carbocycles. The summed E-state index contributed by atoms with van der Waals surface area (Å²) in [4.78, 5) is 0. The Bertz CT molecular complexity index is 259. The van der Waals surface area contributed by atoms with E-state index in [2.05, 4.69) is 26.0 Å². The molecule has 1 heteroatoms. The van der Waals surface area contributed by atoms with Crippen molar-refractivity contribution >= 4 is 0 Å². The first kappa shape index (κ1) is 23.4. The minimum atomic E-state index is 0. The molecule has 0 nitrogen and oxygen atoms in total. The molecule has 0 N–H and O–H groups in total. The van der Waals surface area contributed by atoms with E-state index in [1.165, 1.54) is 101 Å². The Kier molecular flexibility index (Phi) is 17.5. The van der Waals surface area contributed by atoms with Gasteiger partial charge in [0.1, 0.15) is 0 Å². The zero-order valence-electron chi connectivity index (χ0n) is 15.8. The molecule has 3 aliphatic carbocycles. The first-order valence-electron chi connectivity index (χ1n) is 10.1. The van der Waals surface area contributed by atoms with Gasteiger partial charge in [0.15, 0.2) is 0 Å². The van der Waals surface area contributed by atoms with E-state index in [0.29, 0.717) is 0 Å². The Labute approximate surface area is 165 Å². The van der Waals surface area contributed by atoms with Crippen LogP contribution in [0.4, 0.5) is 0 Å². The van der Waals surface area contributed by atoms with Gasteiger partial charge in [0, 0.05) is 0 Å². The smallest absolute Gasteiger partial charge is 0.373 e. The van der Waals surface area contributed by atoms with Crippen molar-refractivity contribution in [2.45, 2.75) is 117 Å². The topological polar surface area (TPSA) is 0 Å². The van der Waals surface area contributed by atoms with Crippen LogP contribution in [0.15, 0.2) is 11.1 Å². The molecule has 0 heterocycles. The van der Waals surface area contributed by atoms with Crippen LogP contribution in [-0.4, -0.2) is 0 Å². The predicted octanol–water partition coefficient (Wildman–Crippen LogP) is 7.74. The number of hydrogen-bond donors (Lipinski definition) is 0. The van der Waals surface area contributed by atoms with Crippen molar-refractivity contribution < 1.29 is 26.2 Å². The summed E-state index contributed by atoms with van der Waals surface area (Å²) in [5, 5.41) is 0. The quantitative estimate of drug-likeness (QED) is 0.421. The Morgan fingerprint density at radius 3 is 1.00 bits per heavy atom. The zero-order chi connectivity index (χ0) is 15.9. The average molecular weight is 394 g/mol. The minimum absolute atomic E-state index is 0. The summed E-state index contributed by atoms with van der Waals surface area (Å²) >= 11 is 0. The van der Waals surface area contributed by atoms with Gasteiger partial charge < -0.3 is 23.3 Å². The van der Waals surface area contributed by atoms with Crippen LogP contribution in [0.3, 0.4) is 0 Å². The van der Waals surface area contributed by atoms with Crippen molar-refractivity contribution in [1.82, 2.24) is 0 Å². The number of rotatable bonds is 2. The molecule has 128 valence electrons. The summed E-state index contributed by atoms with van der Waals surface area (Å²) < 4.78 is 0. The van der Waals surface area contributed by atoms with Gasteiger partial charge in [-0.1, -0.05) is 90.9 Å². The van der Waals surface area contributed by atoms with Crippen LogP contribution in [0.2, 0.25) is 0 Å². The van der Waals surface area contributed by atoms with E-state index in [-0.39, 0.29) is 26.2 Å². The average Bonchev–Trinajstić information content (AvgIpc) is 3.29. The van der Waals surface area contributed by atoms with Crippen LogP contribution in [0, 0.1) is 12.2 Å². The first-order valence-corrected chi connectivity index (χ1v) is 10.1. The maximum Gasteiger partial charge on any atom is 4.00 e. The molecule has 3 aliphatic rings. The predicted molar refractivity (Wildman–Crippen MR) is 98.7 cm³/mol. The van der Waals surface area contributed by atoms with Gasteiger partial charge >= 0.3 is 26.2 Å². The first-order chi connectivity index (χ1) is 10.9. The van der Waals surface area contributed by atoms with E-state index in [1.807, 2.05) is 0 Å². The van der Waals surface area contributed by atoms with Crippen molar-refractivity contribution in [3.8, 4) is 0 Å². The van der Waals surface area contributed by atoms with E-state index < -0.39 is 0 Å². The van der Waals surface area contributed by atoms with E-state index in [0.717, 1.165) is 12.8 Å². The molecule has 0 aromatic rings. The monoisotopic (exact) mass is 392 g/mol. The fourth-order valence-corrected chi connectivity index (χ4v) is 3.49. The second-order valence-electron chi connectivity index (χ2n) is 6.76. The van der Waals surface area contributed by atoms with Crippen molar-refractivity contribution in [2.24, 2.45) is 0 Å². The van der Waals surface area contributed by atoms with Crippen LogP contribution in [0.5, 0.6) is 0 Å². The van der Waals surface area contributed by atoms with Crippen LogP contribution >= 0.6 is 0 Å². The van der Waals surface area contributed by atoms with Crippen molar-refractivity contribution in [3.05, 3.63) is 23.3 Å². The van der Waals surface area contributed by atoms with E-state index in [4.69, 9.17) is 0 Å². The summed E-state index contributed by atoms with van der Waals surface area (Å²) in [5.41, 5.74) is 2.90. The molecule has 0 atom stereocenters. The summed E-state index contributed by atoms with van der Waals surface area (Å²) in [5.74, 6) is 0. The molecule has 0 spiro atoms. The van der Waals surface area contributed by atoms with Gasteiger partial charge in [0.25, 0.3) is 0 Å². The molecule has 23 heavy (non-hydrogen) atoms. The second kappa shape index (κ2) is 17.2. The molecule has 0 bridgehead atoms. The molecule has 0 aliphatic heterocycles. The van der Waals surface area contributed by atoms with Crippen molar-refractivity contribution in [2.75, 3.05) is 0 Å². The molecule has 3 rings (SSSR count). The van der Waals surface area contributed by atoms with Crippen LogP contribution < -0.4 is 0 Å². The van der Waals surface area contributed by atoms with Crippen LogP contribution in [-0.2, 0) is 26.2 Å². The third-order valence-corrected chi connectivity index (χ3v) is 4.75. The van der Waals surface area contributed by atoms with Crippen molar-refractivity contribution in [3.63, 3.8) is 0 Å². The molecule has 0 amide bonds. The second-order valence-corrected chi connectivity index (χ2v) is 6.76. The van der Waals surface area contributed by atoms with Gasteiger partial charge in [-0.2, -0.15) is 0 Å². The van der Waals surface area contributed by atoms with Crippen LogP contribution in [0.25, 0.3) is 0 Å². The summed E-state index contributed by atoms with van der Waals surface area (Å²) in [7, 11) is 0. The molecular weight excluding hydrogens is 355 g/mol. The van der Waals surface area contributed by atoms with Gasteiger partial charge in [-0.15, -0.1) is 25.7 Å². The normalized spacial score (nSPS) is 23.6. The fraction of sp³-hybridized carbons (Fsp3) is 0.818. The Morgan fingerprint density at radius 1 is 0.522 bits per heavy atom. The molecule has 0 radical (unpaired) electrons. The minimum Gasteiger partial charge on any atom is -0.373 e. The Balaban J connectivity index is 0.000000362. The van der Waals surface area contributed by atoms with Gasteiger partial charge in [-0.3, -0.25) is 0 Å². The molecule has 3 saturated carbocycles. The molecule has 0 aromatic heterocycles. The molecular formula is C22H38Zr+2. The van der Waals surface area contributed by atoms with E-state index in [1.54, 1.807) is 0 Å². The zero-order valence-corrected chi connectivity index (χ0v) is 18.3. The number of hydrogen-bond acceptors (Lipinski definition) is 0. The number of allylic oxidation sites excluding steroid dienone is 4.